The van der Waals surface area contributed by atoms with Crippen molar-refractivity contribution in [2.75, 3.05) is 41.0 Å². The number of hydrogen-bond donors (Lipinski definition) is 0. The van der Waals surface area contributed by atoms with E-state index in [1.807, 2.05) is 0 Å². The Morgan fingerprint density at radius 1 is 1.08 bits per heavy atom. The maximum atomic E-state index is 5.39. The van der Waals surface area contributed by atoms with Crippen LogP contribution in [0.25, 0.3) is 0 Å². The molecule has 78 valence electrons. The number of methoxy groups -OCH3 is 3. The van der Waals surface area contributed by atoms with Crippen molar-refractivity contribution in [1.82, 2.24) is 4.90 Å². The monoisotopic (exact) mass is 189 g/mol. The van der Waals surface area contributed by atoms with E-state index in [1.165, 1.54) is 12.8 Å². The average Bonchev–Trinajstić information content (AvgIpc) is 2.68. The molecule has 1 heterocycles. The molecular formula is C9H19NO3. The second kappa shape index (κ2) is 4.91. The van der Waals surface area contributed by atoms with Crippen LogP contribution in [0.1, 0.15) is 12.8 Å². The van der Waals surface area contributed by atoms with Crippen molar-refractivity contribution in [1.29, 1.82) is 0 Å². The first-order chi connectivity index (χ1) is 6.29. The second-order valence-corrected chi connectivity index (χ2v) is 3.25. The summed E-state index contributed by atoms with van der Waals surface area (Å²) in [6.07, 6.45) is 2.41. The summed E-state index contributed by atoms with van der Waals surface area (Å²) in [6, 6.07) is 0. The van der Waals surface area contributed by atoms with E-state index in [0.717, 1.165) is 13.1 Å². The van der Waals surface area contributed by atoms with Crippen molar-refractivity contribution in [3.63, 3.8) is 0 Å². The maximum Gasteiger partial charge on any atom is 0.254 e. The molecule has 0 radical (unpaired) electrons. The summed E-state index contributed by atoms with van der Waals surface area (Å²) in [5.41, 5.74) is 0. The predicted octanol–water partition coefficient (Wildman–Crippen LogP) is 0.675. The van der Waals surface area contributed by atoms with Crippen LogP contribution in [0.4, 0.5) is 0 Å². The lowest BCUT2D eigenvalue weighted by atomic mass is 10.4. The van der Waals surface area contributed by atoms with E-state index in [2.05, 4.69) is 4.90 Å². The molecule has 1 fully saturated rings. The van der Waals surface area contributed by atoms with Gasteiger partial charge < -0.3 is 14.2 Å². The predicted molar refractivity (Wildman–Crippen MR) is 49.4 cm³/mol. The molecule has 0 amide bonds. The molecule has 1 aliphatic heterocycles. The molecule has 1 rings (SSSR count). The zero-order chi connectivity index (χ0) is 9.73. The minimum absolute atomic E-state index is 0.444. The van der Waals surface area contributed by atoms with Gasteiger partial charge in [-0.25, -0.2) is 0 Å². The summed E-state index contributed by atoms with van der Waals surface area (Å²) >= 11 is 0. The van der Waals surface area contributed by atoms with Gasteiger partial charge in [-0.15, -0.1) is 0 Å². The van der Waals surface area contributed by atoms with Gasteiger partial charge in [0.2, 0.25) is 0 Å². The van der Waals surface area contributed by atoms with Gasteiger partial charge in [-0.2, -0.15) is 0 Å². The van der Waals surface area contributed by atoms with Crippen LogP contribution in [0.15, 0.2) is 0 Å². The molecule has 0 N–H and O–H groups in total. The zero-order valence-corrected chi connectivity index (χ0v) is 8.71. The SMILES string of the molecule is COCC(OC)(OC)N1CCCC1. The summed E-state index contributed by atoms with van der Waals surface area (Å²) in [5, 5.41) is 0. The lowest BCUT2D eigenvalue weighted by molar-refractivity contribution is -0.308. The highest BCUT2D eigenvalue weighted by molar-refractivity contribution is 4.76. The molecule has 0 saturated carbocycles. The normalized spacial score (nSPS) is 19.6. The van der Waals surface area contributed by atoms with Crippen LogP contribution in [0, 0.1) is 0 Å². The molecular weight excluding hydrogens is 170 g/mol. The molecule has 0 atom stereocenters. The van der Waals surface area contributed by atoms with Gasteiger partial charge in [0.05, 0.1) is 0 Å². The minimum Gasteiger partial charge on any atom is -0.377 e. The van der Waals surface area contributed by atoms with Crippen LogP contribution < -0.4 is 0 Å². The Balaban J connectivity index is 2.62. The quantitative estimate of drug-likeness (QED) is 0.595. The Bertz CT molecular complexity index is 142. The van der Waals surface area contributed by atoms with Gasteiger partial charge in [-0.05, 0) is 12.8 Å². The number of rotatable bonds is 5. The largest absolute Gasteiger partial charge is 0.377 e. The topological polar surface area (TPSA) is 30.9 Å². The van der Waals surface area contributed by atoms with Gasteiger partial charge in [0, 0.05) is 34.4 Å². The summed E-state index contributed by atoms with van der Waals surface area (Å²) in [7, 11) is 4.96. The fourth-order valence-corrected chi connectivity index (χ4v) is 1.79. The molecule has 13 heavy (non-hydrogen) atoms. The zero-order valence-electron chi connectivity index (χ0n) is 8.71. The molecule has 0 aromatic carbocycles. The van der Waals surface area contributed by atoms with E-state index >= 15 is 0 Å². The molecule has 1 saturated heterocycles. The van der Waals surface area contributed by atoms with E-state index in [1.54, 1.807) is 21.3 Å². The number of nitrogens with zero attached hydrogens (tertiary/aromatic N) is 1. The Labute approximate surface area is 79.8 Å². The lowest BCUT2D eigenvalue weighted by Gasteiger charge is -2.37. The molecule has 0 spiro atoms. The molecule has 4 heteroatoms. The highest BCUT2D eigenvalue weighted by Gasteiger charge is 2.38. The summed E-state index contributed by atoms with van der Waals surface area (Å²) in [4.78, 5) is 2.18. The van der Waals surface area contributed by atoms with Gasteiger partial charge >= 0.3 is 0 Å². The number of hydrogen-bond acceptors (Lipinski definition) is 4. The molecule has 1 aliphatic rings. The Kier molecular flexibility index (Phi) is 4.12. The standard InChI is InChI=1S/C9H19NO3/c1-11-8-9(12-2,13-3)10-6-4-5-7-10/h4-8H2,1-3H3. The van der Waals surface area contributed by atoms with Crippen molar-refractivity contribution in [3.05, 3.63) is 0 Å². The Hall–Kier alpha value is -0.160. The highest BCUT2D eigenvalue weighted by Crippen LogP contribution is 2.23. The molecule has 0 aliphatic carbocycles. The molecule has 0 unspecified atom stereocenters. The van der Waals surface area contributed by atoms with Crippen molar-refractivity contribution >= 4 is 0 Å². The van der Waals surface area contributed by atoms with E-state index in [4.69, 9.17) is 14.2 Å². The summed E-state index contributed by atoms with van der Waals surface area (Å²) in [6.45, 7) is 2.48. The Morgan fingerprint density at radius 2 is 1.62 bits per heavy atom. The van der Waals surface area contributed by atoms with Gasteiger partial charge in [0.25, 0.3) is 5.91 Å². The maximum absolute atomic E-state index is 5.39. The third kappa shape index (κ3) is 2.20. The Morgan fingerprint density at radius 3 is 2.00 bits per heavy atom. The fraction of sp³-hybridized carbons (Fsp3) is 1.00. The minimum atomic E-state index is -0.675. The van der Waals surface area contributed by atoms with E-state index in [0.29, 0.717) is 6.61 Å². The first-order valence-corrected chi connectivity index (χ1v) is 4.63. The number of ether oxygens (including phenoxy) is 3. The first kappa shape index (κ1) is 10.9. The van der Waals surface area contributed by atoms with Crippen molar-refractivity contribution in [2.45, 2.75) is 18.8 Å². The lowest BCUT2D eigenvalue weighted by Crippen LogP contribution is -2.53. The average molecular weight is 189 g/mol. The highest BCUT2D eigenvalue weighted by atomic mass is 16.7. The molecule has 0 aromatic rings. The molecule has 0 bridgehead atoms. The van der Waals surface area contributed by atoms with Crippen LogP contribution in [0.2, 0.25) is 0 Å². The summed E-state index contributed by atoms with van der Waals surface area (Å²) in [5.74, 6) is -0.675. The van der Waals surface area contributed by atoms with Crippen molar-refractivity contribution in [2.24, 2.45) is 0 Å². The van der Waals surface area contributed by atoms with Crippen molar-refractivity contribution in [3.8, 4) is 0 Å². The van der Waals surface area contributed by atoms with Gasteiger partial charge in [0.15, 0.2) is 0 Å². The fourth-order valence-electron chi connectivity index (χ4n) is 1.79. The second-order valence-electron chi connectivity index (χ2n) is 3.25. The van der Waals surface area contributed by atoms with E-state index < -0.39 is 5.91 Å². The summed E-state index contributed by atoms with van der Waals surface area (Å²) < 4.78 is 15.9. The van der Waals surface area contributed by atoms with E-state index in [-0.39, 0.29) is 0 Å². The third-order valence-electron chi connectivity index (χ3n) is 2.55. The van der Waals surface area contributed by atoms with Crippen LogP contribution in [0.3, 0.4) is 0 Å². The molecule has 0 aromatic heterocycles. The van der Waals surface area contributed by atoms with Gasteiger partial charge in [-0.3, -0.25) is 4.90 Å². The van der Waals surface area contributed by atoms with Crippen LogP contribution in [0.5, 0.6) is 0 Å². The van der Waals surface area contributed by atoms with Gasteiger partial charge in [-0.1, -0.05) is 0 Å². The smallest absolute Gasteiger partial charge is 0.254 e. The van der Waals surface area contributed by atoms with Crippen LogP contribution >= 0.6 is 0 Å². The third-order valence-corrected chi connectivity index (χ3v) is 2.55. The van der Waals surface area contributed by atoms with Gasteiger partial charge in [0.1, 0.15) is 6.61 Å². The first-order valence-electron chi connectivity index (χ1n) is 4.63. The van der Waals surface area contributed by atoms with Crippen LogP contribution in [-0.4, -0.2) is 51.8 Å². The van der Waals surface area contributed by atoms with E-state index in [9.17, 15) is 0 Å². The van der Waals surface area contributed by atoms with Crippen LogP contribution in [-0.2, 0) is 14.2 Å². The number of likely N-dealkylation sites (tertiary alicyclic amines) is 1. The molecule has 4 nitrogen and oxygen atoms in total. The van der Waals surface area contributed by atoms with Crippen molar-refractivity contribution < 1.29 is 14.2 Å².